The Balaban J connectivity index is 1.78. The third kappa shape index (κ3) is 2.49. The minimum absolute atomic E-state index is 0.0203. The predicted octanol–water partition coefficient (Wildman–Crippen LogP) is 1.37. The zero-order valence-electron chi connectivity index (χ0n) is 10.7. The topological polar surface area (TPSA) is 64.1 Å². The van der Waals surface area contributed by atoms with Crippen LogP contribution >= 0.6 is 11.6 Å². The number of aromatic amines is 1. The maximum atomic E-state index is 11.6. The molecule has 1 aliphatic rings. The summed E-state index contributed by atoms with van der Waals surface area (Å²) in [6.07, 6.45) is 2.99. The number of aryl methyl sites for hydroxylation is 2. The molecular weight excluding hydrogens is 280 g/mol. The first-order valence-corrected chi connectivity index (χ1v) is 6.75. The summed E-state index contributed by atoms with van der Waals surface area (Å²) in [5, 5.41) is 0.0203. The second-order valence-electron chi connectivity index (χ2n) is 4.72. The largest absolute Gasteiger partial charge is 0.493 e. The molecule has 1 aromatic heterocycles. The molecule has 0 radical (unpaired) electrons. The molecule has 1 aliphatic heterocycles. The van der Waals surface area contributed by atoms with E-state index in [1.54, 1.807) is 0 Å². The van der Waals surface area contributed by atoms with Gasteiger partial charge in [-0.15, -0.1) is 0 Å². The number of H-pyrrole nitrogens is 1. The predicted molar refractivity (Wildman–Crippen MR) is 75.7 cm³/mol. The van der Waals surface area contributed by atoms with Gasteiger partial charge in [-0.2, -0.15) is 0 Å². The molecule has 2 heterocycles. The van der Waals surface area contributed by atoms with Gasteiger partial charge in [0.2, 0.25) is 0 Å². The third-order valence-electron chi connectivity index (χ3n) is 3.36. The smallest absolute Gasteiger partial charge is 0.328 e. The Kier molecular flexibility index (Phi) is 3.36. The van der Waals surface area contributed by atoms with Gasteiger partial charge in [-0.05, 0) is 23.6 Å². The van der Waals surface area contributed by atoms with E-state index in [1.165, 1.54) is 16.3 Å². The Morgan fingerprint density at radius 3 is 3.05 bits per heavy atom. The normalized spacial score (nSPS) is 13.1. The molecule has 3 rings (SSSR count). The summed E-state index contributed by atoms with van der Waals surface area (Å²) in [6, 6.07) is 6.05. The summed E-state index contributed by atoms with van der Waals surface area (Å²) in [7, 11) is 0. The average molecular weight is 293 g/mol. The van der Waals surface area contributed by atoms with Gasteiger partial charge in [0.1, 0.15) is 10.8 Å². The van der Waals surface area contributed by atoms with Crippen LogP contribution in [0.1, 0.15) is 11.1 Å². The molecule has 0 bridgehead atoms. The van der Waals surface area contributed by atoms with Crippen LogP contribution in [-0.2, 0) is 19.4 Å². The number of nitrogens with zero attached hydrogens (tertiary/aromatic N) is 1. The first kappa shape index (κ1) is 13.0. The minimum atomic E-state index is -0.553. The van der Waals surface area contributed by atoms with Crippen LogP contribution in [0.3, 0.4) is 0 Å². The highest BCUT2D eigenvalue weighted by Gasteiger charge is 2.12. The van der Waals surface area contributed by atoms with E-state index in [0.717, 1.165) is 24.3 Å². The van der Waals surface area contributed by atoms with Crippen molar-refractivity contribution in [2.24, 2.45) is 0 Å². The Hall–Kier alpha value is -2.01. The van der Waals surface area contributed by atoms with Crippen LogP contribution in [0.25, 0.3) is 0 Å². The van der Waals surface area contributed by atoms with Crippen molar-refractivity contribution in [1.82, 2.24) is 9.55 Å². The molecule has 1 N–H and O–H groups in total. The van der Waals surface area contributed by atoms with Crippen molar-refractivity contribution in [2.45, 2.75) is 19.4 Å². The van der Waals surface area contributed by atoms with Gasteiger partial charge in [0, 0.05) is 19.2 Å². The van der Waals surface area contributed by atoms with E-state index in [2.05, 4.69) is 11.1 Å². The standard InChI is InChI=1S/C14H13ClN2O3/c15-11-8-17(14(19)16-13(11)18)5-3-9-1-2-12-10(7-9)4-6-20-12/h1-2,7-8H,3-6H2,(H,16,18,19). The lowest BCUT2D eigenvalue weighted by Crippen LogP contribution is -2.30. The maximum Gasteiger partial charge on any atom is 0.328 e. The summed E-state index contributed by atoms with van der Waals surface area (Å²) in [5.41, 5.74) is 1.34. The molecule has 0 atom stereocenters. The van der Waals surface area contributed by atoms with E-state index >= 15 is 0 Å². The first-order valence-electron chi connectivity index (χ1n) is 6.37. The number of hydrogen-bond donors (Lipinski definition) is 1. The molecule has 104 valence electrons. The molecular formula is C14H13ClN2O3. The molecule has 6 heteroatoms. The van der Waals surface area contributed by atoms with Gasteiger partial charge in [-0.1, -0.05) is 23.7 Å². The van der Waals surface area contributed by atoms with Crippen molar-refractivity contribution >= 4 is 11.6 Å². The molecule has 5 nitrogen and oxygen atoms in total. The van der Waals surface area contributed by atoms with Gasteiger partial charge in [-0.3, -0.25) is 14.3 Å². The third-order valence-corrected chi connectivity index (χ3v) is 3.63. The van der Waals surface area contributed by atoms with Crippen molar-refractivity contribution in [3.63, 3.8) is 0 Å². The fourth-order valence-electron chi connectivity index (χ4n) is 2.29. The number of halogens is 1. The van der Waals surface area contributed by atoms with E-state index in [9.17, 15) is 9.59 Å². The van der Waals surface area contributed by atoms with Crippen LogP contribution in [0.4, 0.5) is 0 Å². The number of ether oxygens (including phenoxy) is 1. The van der Waals surface area contributed by atoms with Crippen molar-refractivity contribution in [1.29, 1.82) is 0 Å². The van der Waals surface area contributed by atoms with Crippen molar-refractivity contribution in [3.05, 3.63) is 61.4 Å². The number of aromatic nitrogens is 2. The lowest BCUT2D eigenvalue weighted by Gasteiger charge is -2.07. The first-order chi connectivity index (χ1) is 9.63. The van der Waals surface area contributed by atoms with Crippen LogP contribution in [0.2, 0.25) is 5.02 Å². The Morgan fingerprint density at radius 2 is 2.20 bits per heavy atom. The van der Waals surface area contributed by atoms with E-state index in [4.69, 9.17) is 16.3 Å². The Labute approximate surface area is 119 Å². The van der Waals surface area contributed by atoms with Gasteiger partial charge in [-0.25, -0.2) is 4.79 Å². The zero-order chi connectivity index (χ0) is 14.1. The zero-order valence-corrected chi connectivity index (χ0v) is 11.4. The number of hydrogen-bond acceptors (Lipinski definition) is 3. The number of benzene rings is 1. The quantitative estimate of drug-likeness (QED) is 0.929. The molecule has 0 fully saturated rings. The molecule has 2 aromatic rings. The average Bonchev–Trinajstić information content (AvgIpc) is 2.89. The number of fused-ring (bicyclic) bond motifs is 1. The van der Waals surface area contributed by atoms with Crippen molar-refractivity contribution in [2.75, 3.05) is 6.61 Å². The second kappa shape index (κ2) is 5.17. The van der Waals surface area contributed by atoms with Crippen LogP contribution < -0.4 is 16.0 Å². The van der Waals surface area contributed by atoms with Crippen LogP contribution in [0, 0.1) is 0 Å². The fraction of sp³-hybridized carbons (Fsp3) is 0.286. The van der Waals surface area contributed by atoms with E-state index in [-0.39, 0.29) is 5.02 Å². The van der Waals surface area contributed by atoms with Crippen LogP contribution in [0.15, 0.2) is 34.0 Å². The van der Waals surface area contributed by atoms with Gasteiger partial charge in [0.15, 0.2) is 0 Å². The Bertz CT molecular complexity index is 764. The highest BCUT2D eigenvalue weighted by Crippen LogP contribution is 2.26. The van der Waals surface area contributed by atoms with Gasteiger partial charge in [0.05, 0.1) is 6.61 Å². The summed E-state index contributed by atoms with van der Waals surface area (Å²) >= 11 is 5.72. The summed E-state index contributed by atoms with van der Waals surface area (Å²) in [6.45, 7) is 1.20. The highest BCUT2D eigenvalue weighted by atomic mass is 35.5. The van der Waals surface area contributed by atoms with E-state index in [1.807, 2.05) is 12.1 Å². The monoisotopic (exact) mass is 292 g/mol. The fourth-order valence-corrected chi connectivity index (χ4v) is 2.46. The second-order valence-corrected chi connectivity index (χ2v) is 5.13. The van der Waals surface area contributed by atoms with Crippen LogP contribution in [-0.4, -0.2) is 16.2 Å². The van der Waals surface area contributed by atoms with Gasteiger partial charge in [0.25, 0.3) is 5.56 Å². The van der Waals surface area contributed by atoms with Crippen LogP contribution in [0.5, 0.6) is 5.75 Å². The maximum absolute atomic E-state index is 11.6. The molecule has 0 unspecified atom stereocenters. The molecule has 0 amide bonds. The van der Waals surface area contributed by atoms with E-state index < -0.39 is 11.2 Å². The molecule has 20 heavy (non-hydrogen) atoms. The molecule has 0 saturated heterocycles. The number of rotatable bonds is 3. The summed E-state index contributed by atoms with van der Waals surface area (Å²) < 4.78 is 6.86. The number of nitrogens with one attached hydrogen (secondary N) is 1. The Morgan fingerprint density at radius 1 is 1.35 bits per heavy atom. The highest BCUT2D eigenvalue weighted by molar-refractivity contribution is 6.30. The van der Waals surface area contributed by atoms with E-state index in [0.29, 0.717) is 13.0 Å². The lowest BCUT2D eigenvalue weighted by molar-refractivity contribution is 0.357. The van der Waals surface area contributed by atoms with Gasteiger partial charge < -0.3 is 4.74 Å². The molecule has 0 aliphatic carbocycles. The van der Waals surface area contributed by atoms with Crippen molar-refractivity contribution < 1.29 is 4.74 Å². The molecule has 1 aromatic carbocycles. The SMILES string of the molecule is O=c1[nH]c(=O)n(CCc2ccc3c(c2)CCO3)cc1Cl. The van der Waals surface area contributed by atoms with Gasteiger partial charge >= 0.3 is 5.69 Å². The lowest BCUT2D eigenvalue weighted by atomic mass is 10.1. The summed E-state index contributed by atoms with van der Waals surface area (Å²) in [5.74, 6) is 0.943. The summed E-state index contributed by atoms with van der Waals surface area (Å²) in [4.78, 5) is 25.0. The minimum Gasteiger partial charge on any atom is -0.493 e. The van der Waals surface area contributed by atoms with Crippen molar-refractivity contribution in [3.8, 4) is 5.75 Å². The molecule has 0 saturated carbocycles. The molecule has 0 spiro atoms.